The minimum Gasteiger partial charge on any atom is -0.306 e. The Balaban J connectivity index is 2.26. The Labute approximate surface area is 91.1 Å². The molecule has 0 amide bonds. The van der Waals surface area contributed by atoms with Crippen LogP contribution in [-0.2, 0) is 20.2 Å². The second-order valence-corrected chi connectivity index (χ2v) is 4.01. The van der Waals surface area contributed by atoms with Crippen molar-refractivity contribution in [1.82, 2.24) is 0 Å². The lowest BCUT2D eigenvalue weighted by atomic mass is 10.2. The van der Waals surface area contributed by atoms with Gasteiger partial charge in [-0.25, -0.2) is 0 Å². The average molecular weight is 254 g/mol. The maximum Gasteiger partial charge on any atom is 0.412 e. The van der Waals surface area contributed by atoms with Crippen LogP contribution in [0.5, 0.6) is 0 Å². The Bertz CT molecular complexity index is 340. The van der Waals surface area contributed by atoms with Gasteiger partial charge in [-0.1, -0.05) is 30.3 Å². The molecule has 16 heavy (non-hydrogen) atoms. The van der Waals surface area contributed by atoms with Gasteiger partial charge in [-0.05, 0) is 5.56 Å². The second-order valence-electron chi connectivity index (χ2n) is 2.93. The molecule has 0 heterocycles. The maximum atomic E-state index is 11.7. The Kier molecular flexibility index (Phi) is 4.99. The largest absolute Gasteiger partial charge is 0.412 e. The average Bonchev–Trinajstić information content (AvgIpc) is 2.24. The molecule has 1 aromatic rings. The van der Waals surface area contributed by atoms with E-state index < -0.39 is 21.0 Å². The molecule has 1 rings (SSSR count). The van der Waals surface area contributed by atoms with Crippen molar-refractivity contribution >= 4 is 8.25 Å². The monoisotopic (exact) mass is 254 g/mol. The van der Waals surface area contributed by atoms with Crippen molar-refractivity contribution in [2.24, 2.45) is 0 Å². The highest BCUT2D eigenvalue weighted by atomic mass is 31.1. The molecule has 1 aromatic carbocycles. The molecule has 0 aliphatic heterocycles. The summed E-state index contributed by atoms with van der Waals surface area (Å²) >= 11 is 0. The zero-order valence-electron chi connectivity index (χ0n) is 8.16. The van der Waals surface area contributed by atoms with Crippen LogP contribution in [0.4, 0.5) is 13.2 Å². The summed E-state index contributed by atoms with van der Waals surface area (Å²) in [5.41, 5.74) is 0.719. The Hall–Kier alpha value is -0.840. The molecule has 0 radical (unpaired) electrons. The SMILES string of the molecule is O=[PH](OCc1ccccc1)OCC(F)(F)F. The number of alkyl halides is 3. The van der Waals surface area contributed by atoms with E-state index in [0.29, 0.717) is 0 Å². The summed E-state index contributed by atoms with van der Waals surface area (Å²) in [7, 11) is -3.09. The number of benzene rings is 1. The quantitative estimate of drug-likeness (QED) is 0.757. The second kappa shape index (κ2) is 6.03. The molecule has 90 valence electrons. The summed E-state index contributed by atoms with van der Waals surface area (Å²) < 4.78 is 54.6. The third-order valence-electron chi connectivity index (χ3n) is 1.55. The highest BCUT2D eigenvalue weighted by Crippen LogP contribution is 2.29. The zero-order valence-corrected chi connectivity index (χ0v) is 9.16. The van der Waals surface area contributed by atoms with Crippen molar-refractivity contribution < 1.29 is 26.8 Å². The summed E-state index contributed by atoms with van der Waals surface area (Å²) in [5.74, 6) is 0. The van der Waals surface area contributed by atoms with Crippen LogP contribution in [0.25, 0.3) is 0 Å². The lowest BCUT2D eigenvalue weighted by Gasteiger charge is -2.07. The first kappa shape index (κ1) is 13.2. The number of hydrogen-bond donors (Lipinski definition) is 0. The first-order chi connectivity index (χ1) is 7.47. The van der Waals surface area contributed by atoms with Gasteiger partial charge >= 0.3 is 14.4 Å². The molecule has 0 spiro atoms. The number of halogens is 3. The standard InChI is InChI=1S/C9H10F3O3P/c10-9(11,12)7-15-16(13)14-6-8-4-2-1-3-5-8/h1-5,16H,6-7H2. The molecule has 1 unspecified atom stereocenters. The van der Waals surface area contributed by atoms with Gasteiger partial charge in [0.2, 0.25) is 0 Å². The fourth-order valence-corrected chi connectivity index (χ4v) is 1.55. The molecule has 0 aliphatic carbocycles. The van der Waals surface area contributed by atoms with Gasteiger partial charge in [0.05, 0.1) is 6.61 Å². The van der Waals surface area contributed by atoms with E-state index in [0.717, 1.165) is 5.56 Å². The molecule has 0 fully saturated rings. The summed E-state index contributed by atoms with van der Waals surface area (Å²) in [5, 5.41) is 0. The summed E-state index contributed by atoms with van der Waals surface area (Å²) in [4.78, 5) is 0. The zero-order chi connectivity index (χ0) is 12.0. The van der Waals surface area contributed by atoms with Gasteiger partial charge in [0.1, 0.15) is 0 Å². The van der Waals surface area contributed by atoms with Crippen molar-refractivity contribution in [3.63, 3.8) is 0 Å². The first-order valence-electron chi connectivity index (χ1n) is 4.37. The van der Waals surface area contributed by atoms with E-state index in [4.69, 9.17) is 0 Å². The van der Waals surface area contributed by atoms with Crippen molar-refractivity contribution in [3.05, 3.63) is 35.9 Å². The van der Waals surface area contributed by atoms with E-state index in [1.807, 2.05) is 0 Å². The van der Waals surface area contributed by atoms with Crippen LogP contribution in [0.2, 0.25) is 0 Å². The van der Waals surface area contributed by atoms with Crippen molar-refractivity contribution in [1.29, 1.82) is 0 Å². The third-order valence-corrected chi connectivity index (χ3v) is 2.31. The van der Waals surface area contributed by atoms with Crippen LogP contribution in [0.1, 0.15) is 5.56 Å². The van der Waals surface area contributed by atoms with Crippen LogP contribution in [0, 0.1) is 0 Å². The van der Waals surface area contributed by atoms with E-state index in [2.05, 4.69) is 9.05 Å². The molecule has 7 heteroatoms. The summed E-state index contributed by atoms with van der Waals surface area (Å²) in [6.07, 6.45) is -4.49. The van der Waals surface area contributed by atoms with E-state index in [1.54, 1.807) is 30.3 Å². The lowest BCUT2D eigenvalue weighted by molar-refractivity contribution is -0.154. The fraction of sp³-hybridized carbons (Fsp3) is 0.333. The van der Waals surface area contributed by atoms with Crippen molar-refractivity contribution in [2.75, 3.05) is 6.61 Å². The van der Waals surface area contributed by atoms with Crippen LogP contribution >= 0.6 is 8.25 Å². The van der Waals surface area contributed by atoms with Crippen LogP contribution in [-0.4, -0.2) is 12.8 Å². The predicted octanol–water partition coefficient (Wildman–Crippen LogP) is 3.17. The third kappa shape index (κ3) is 5.90. The van der Waals surface area contributed by atoms with Crippen molar-refractivity contribution in [2.45, 2.75) is 12.8 Å². The van der Waals surface area contributed by atoms with Gasteiger partial charge in [-0.3, -0.25) is 4.57 Å². The van der Waals surface area contributed by atoms with Gasteiger partial charge in [0, 0.05) is 0 Å². The maximum absolute atomic E-state index is 11.7. The topological polar surface area (TPSA) is 35.5 Å². The van der Waals surface area contributed by atoms with Crippen LogP contribution in [0.15, 0.2) is 30.3 Å². The molecule has 0 aromatic heterocycles. The Morgan fingerprint density at radius 2 is 1.75 bits per heavy atom. The van der Waals surface area contributed by atoms with Crippen molar-refractivity contribution in [3.8, 4) is 0 Å². The fourth-order valence-electron chi connectivity index (χ4n) is 0.899. The first-order valence-corrected chi connectivity index (χ1v) is 5.60. The number of hydrogen-bond acceptors (Lipinski definition) is 3. The molecule has 3 nitrogen and oxygen atoms in total. The molecule has 0 saturated heterocycles. The summed E-state index contributed by atoms with van der Waals surface area (Å²) in [6, 6.07) is 8.68. The van der Waals surface area contributed by atoms with Gasteiger partial charge in [0.15, 0.2) is 6.61 Å². The highest BCUT2D eigenvalue weighted by Gasteiger charge is 2.28. The smallest absolute Gasteiger partial charge is 0.306 e. The van der Waals surface area contributed by atoms with Crippen LogP contribution < -0.4 is 0 Å². The number of rotatable bonds is 5. The Morgan fingerprint density at radius 3 is 2.31 bits per heavy atom. The molecule has 0 aliphatic rings. The van der Waals surface area contributed by atoms with E-state index in [9.17, 15) is 17.7 Å². The van der Waals surface area contributed by atoms with Gasteiger partial charge in [0.25, 0.3) is 0 Å². The lowest BCUT2D eigenvalue weighted by Crippen LogP contribution is -2.14. The van der Waals surface area contributed by atoms with Gasteiger partial charge < -0.3 is 9.05 Å². The van der Waals surface area contributed by atoms with Crippen LogP contribution in [0.3, 0.4) is 0 Å². The summed E-state index contributed by atoms with van der Waals surface area (Å²) in [6.45, 7) is -1.59. The minimum atomic E-state index is -4.49. The molecular weight excluding hydrogens is 244 g/mol. The predicted molar refractivity (Wildman–Crippen MR) is 52.2 cm³/mol. The van der Waals surface area contributed by atoms with Gasteiger partial charge in [-0.15, -0.1) is 0 Å². The molecular formula is C9H10F3O3P. The molecule has 1 atom stereocenters. The minimum absolute atomic E-state index is 0.0313. The normalized spacial score (nSPS) is 13.7. The van der Waals surface area contributed by atoms with E-state index >= 15 is 0 Å². The Morgan fingerprint density at radius 1 is 1.12 bits per heavy atom. The highest BCUT2D eigenvalue weighted by molar-refractivity contribution is 7.33. The molecule has 0 N–H and O–H groups in total. The van der Waals surface area contributed by atoms with E-state index in [1.165, 1.54) is 0 Å². The molecule has 0 bridgehead atoms. The van der Waals surface area contributed by atoms with Gasteiger partial charge in [-0.2, -0.15) is 13.2 Å². The molecule has 0 saturated carbocycles. The van der Waals surface area contributed by atoms with E-state index in [-0.39, 0.29) is 6.61 Å².